The van der Waals surface area contributed by atoms with Gasteiger partial charge in [-0.15, -0.1) is 0 Å². The molecule has 1 fully saturated rings. The van der Waals surface area contributed by atoms with Gasteiger partial charge in [0.25, 0.3) is 0 Å². The number of nitrogens with one attached hydrogen (secondary N) is 1. The van der Waals surface area contributed by atoms with E-state index >= 15 is 0 Å². The van der Waals surface area contributed by atoms with Crippen LogP contribution in [0.2, 0.25) is 0 Å². The van der Waals surface area contributed by atoms with Crippen molar-refractivity contribution in [2.24, 2.45) is 5.92 Å². The molecule has 6 heteroatoms. The molecule has 2 unspecified atom stereocenters. The highest BCUT2D eigenvalue weighted by atomic mass is 16.5. The van der Waals surface area contributed by atoms with Gasteiger partial charge in [0.1, 0.15) is 0 Å². The molecule has 0 radical (unpaired) electrons. The van der Waals surface area contributed by atoms with Crippen molar-refractivity contribution < 1.29 is 19.0 Å². The molecule has 106 valence electrons. The van der Waals surface area contributed by atoms with E-state index in [1.165, 1.54) is 0 Å². The zero-order valence-electron chi connectivity index (χ0n) is 11.5. The number of amides is 1. The van der Waals surface area contributed by atoms with E-state index in [0.717, 1.165) is 0 Å². The van der Waals surface area contributed by atoms with Gasteiger partial charge in [-0.2, -0.15) is 0 Å². The Morgan fingerprint density at radius 1 is 1.28 bits per heavy atom. The summed E-state index contributed by atoms with van der Waals surface area (Å²) in [6.07, 6.45) is 0. The van der Waals surface area contributed by atoms with Gasteiger partial charge < -0.3 is 24.4 Å². The third kappa shape index (κ3) is 4.20. The number of rotatable bonds is 8. The minimum atomic E-state index is -0.108. The maximum Gasteiger partial charge on any atom is 0.229 e. The van der Waals surface area contributed by atoms with Gasteiger partial charge in [0, 0.05) is 33.4 Å². The van der Waals surface area contributed by atoms with Gasteiger partial charge in [-0.25, -0.2) is 0 Å². The second-order valence-electron chi connectivity index (χ2n) is 4.35. The highest BCUT2D eigenvalue weighted by Crippen LogP contribution is 2.16. The van der Waals surface area contributed by atoms with Gasteiger partial charge in [0.05, 0.1) is 32.3 Å². The smallest absolute Gasteiger partial charge is 0.229 e. The number of methoxy groups -OCH3 is 2. The van der Waals surface area contributed by atoms with Crippen LogP contribution in [0.4, 0.5) is 0 Å². The van der Waals surface area contributed by atoms with Gasteiger partial charge in [0.15, 0.2) is 0 Å². The van der Waals surface area contributed by atoms with Crippen molar-refractivity contribution in [2.75, 3.05) is 60.8 Å². The minimum absolute atomic E-state index is 0.102. The topological polar surface area (TPSA) is 60.0 Å². The average Bonchev–Trinajstić information content (AvgIpc) is 2.86. The van der Waals surface area contributed by atoms with Crippen LogP contribution in [0.15, 0.2) is 0 Å². The molecule has 1 amide bonds. The van der Waals surface area contributed by atoms with E-state index in [0.29, 0.717) is 39.5 Å². The predicted molar refractivity (Wildman–Crippen MR) is 67.5 cm³/mol. The van der Waals surface area contributed by atoms with Crippen molar-refractivity contribution in [2.45, 2.75) is 6.04 Å². The van der Waals surface area contributed by atoms with E-state index in [4.69, 9.17) is 14.2 Å². The number of hydrogen-bond acceptors (Lipinski definition) is 5. The summed E-state index contributed by atoms with van der Waals surface area (Å²) in [5.74, 6) is 0.00432. The third-order valence-electron chi connectivity index (χ3n) is 3.21. The molecule has 1 rings (SSSR count). The molecule has 1 aliphatic heterocycles. The molecule has 0 bridgehead atoms. The minimum Gasteiger partial charge on any atom is -0.383 e. The number of nitrogens with zero attached hydrogens (tertiary/aromatic N) is 1. The molecule has 1 N–H and O–H groups in total. The van der Waals surface area contributed by atoms with E-state index in [-0.39, 0.29) is 17.9 Å². The number of hydrogen-bond donors (Lipinski definition) is 1. The highest BCUT2D eigenvalue weighted by molar-refractivity contribution is 5.80. The summed E-state index contributed by atoms with van der Waals surface area (Å²) in [6.45, 7) is 3.33. The zero-order valence-corrected chi connectivity index (χ0v) is 11.5. The SMILES string of the molecule is CNC1COCC1C(=O)N(CCOC)CCOC. The molecule has 0 spiro atoms. The summed E-state index contributed by atoms with van der Waals surface area (Å²) in [4.78, 5) is 14.2. The average molecular weight is 260 g/mol. The first-order valence-electron chi connectivity index (χ1n) is 6.26. The second kappa shape index (κ2) is 8.42. The van der Waals surface area contributed by atoms with E-state index in [1.54, 1.807) is 19.1 Å². The third-order valence-corrected chi connectivity index (χ3v) is 3.21. The van der Waals surface area contributed by atoms with Gasteiger partial charge in [0.2, 0.25) is 5.91 Å². The lowest BCUT2D eigenvalue weighted by molar-refractivity contribution is -0.137. The first-order chi connectivity index (χ1) is 8.74. The quantitative estimate of drug-likeness (QED) is 0.628. The summed E-state index contributed by atoms with van der Waals surface area (Å²) in [5, 5.41) is 3.13. The standard InChI is InChI=1S/C12H24N2O4/c1-13-11-9-18-8-10(11)12(15)14(4-6-16-2)5-7-17-3/h10-11,13H,4-9H2,1-3H3. The Kier molecular flexibility index (Phi) is 7.19. The first-order valence-corrected chi connectivity index (χ1v) is 6.26. The van der Waals surface area contributed by atoms with Crippen LogP contribution in [0.1, 0.15) is 0 Å². The Balaban J connectivity index is 2.56. The van der Waals surface area contributed by atoms with E-state index in [9.17, 15) is 4.79 Å². The molecule has 2 atom stereocenters. The first kappa shape index (κ1) is 15.4. The molecule has 0 aromatic rings. The number of ether oxygens (including phenoxy) is 3. The van der Waals surface area contributed by atoms with Crippen molar-refractivity contribution in [1.82, 2.24) is 10.2 Å². The van der Waals surface area contributed by atoms with Crippen LogP contribution in [-0.4, -0.2) is 77.6 Å². The molecule has 0 saturated carbocycles. The largest absolute Gasteiger partial charge is 0.383 e. The van der Waals surface area contributed by atoms with Crippen LogP contribution in [0.25, 0.3) is 0 Å². The van der Waals surface area contributed by atoms with Crippen LogP contribution in [-0.2, 0) is 19.0 Å². The zero-order chi connectivity index (χ0) is 13.4. The van der Waals surface area contributed by atoms with Crippen LogP contribution in [0, 0.1) is 5.92 Å². The molecule has 6 nitrogen and oxygen atoms in total. The van der Waals surface area contributed by atoms with Crippen molar-refractivity contribution in [3.05, 3.63) is 0 Å². The van der Waals surface area contributed by atoms with Crippen LogP contribution < -0.4 is 5.32 Å². The predicted octanol–water partition coefficient (Wildman–Crippen LogP) is -0.658. The van der Waals surface area contributed by atoms with Crippen molar-refractivity contribution in [1.29, 1.82) is 0 Å². The molecule has 1 heterocycles. The summed E-state index contributed by atoms with van der Waals surface area (Å²) >= 11 is 0. The molecule has 18 heavy (non-hydrogen) atoms. The fourth-order valence-electron chi connectivity index (χ4n) is 2.05. The molecule has 0 aromatic heterocycles. The maximum atomic E-state index is 12.4. The monoisotopic (exact) mass is 260 g/mol. The Bertz CT molecular complexity index is 242. The number of likely N-dealkylation sites (N-methyl/N-ethyl adjacent to an activating group) is 1. The fraction of sp³-hybridized carbons (Fsp3) is 0.917. The summed E-state index contributed by atoms with van der Waals surface area (Å²) in [5.41, 5.74) is 0. The van der Waals surface area contributed by atoms with Crippen LogP contribution >= 0.6 is 0 Å². The molecule has 0 aliphatic carbocycles. The Morgan fingerprint density at radius 3 is 2.39 bits per heavy atom. The van der Waals surface area contributed by atoms with Crippen LogP contribution in [0.5, 0.6) is 0 Å². The Morgan fingerprint density at radius 2 is 1.89 bits per heavy atom. The highest BCUT2D eigenvalue weighted by Gasteiger charge is 2.35. The van der Waals surface area contributed by atoms with Gasteiger partial charge in [-0.1, -0.05) is 0 Å². The molecule has 1 aliphatic rings. The molecular weight excluding hydrogens is 236 g/mol. The van der Waals surface area contributed by atoms with Crippen molar-refractivity contribution in [3.8, 4) is 0 Å². The number of carbonyl (C=O) groups excluding carboxylic acids is 1. The maximum absolute atomic E-state index is 12.4. The van der Waals surface area contributed by atoms with E-state index in [2.05, 4.69) is 5.32 Å². The lowest BCUT2D eigenvalue weighted by Crippen LogP contribution is -2.46. The second-order valence-corrected chi connectivity index (χ2v) is 4.35. The van der Waals surface area contributed by atoms with Crippen LogP contribution in [0.3, 0.4) is 0 Å². The van der Waals surface area contributed by atoms with Crippen molar-refractivity contribution in [3.63, 3.8) is 0 Å². The molecule has 0 aromatic carbocycles. The molecular formula is C12H24N2O4. The summed E-state index contributed by atoms with van der Waals surface area (Å²) in [7, 11) is 5.12. The lowest BCUT2D eigenvalue weighted by Gasteiger charge is -2.27. The van der Waals surface area contributed by atoms with Gasteiger partial charge >= 0.3 is 0 Å². The van der Waals surface area contributed by atoms with E-state index in [1.807, 2.05) is 7.05 Å². The Hall–Kier alpha value is -0.690. The fourth-order valence-corrected chi connectivity index (χ4v) is 2.05. The Labute approximate surface area is 109 Å². The van der Waals surface area contributed by atoms with Gasteiger partial charge in [-0.05, 0) is 7.05 Å². The van der Waals surface area contributed by atoms with Gasteiger partial charge in [-0.3, -0.25) is 4.79 Å². The van der Waals surface area contributed by atoms with E-state index < -0.39 is 0 Å². The number of carbonyl (C=O) groups is 1. The van der Waals surface area contributed by atoms with Crippen molar-refractivity contribution >= 4 is 5.91 Å². The summed E-state index contributed by atoms with van der Waals surface area (Å²) in [6, 6.07) is 0.102. The normalized spacial score (nSPS) is 23.3. The lowest BCUT2D eigenvalue weighted by atomic mass is 10.0. The summed E-state index contributed by atoms with van der Waals surface area (Å²) < 4.78 is 15.4. The molecule has 1 saturated heterocycles.